The van der Waals surface area contributed by atoms with Crippen molar-refractivity contribution in [2.24, 2.45) is 5.92 Å². The van der Waals surface area contributed by atoms with Crippen molar-refractivity contribution in [1.82, 2.24) is 25.3 Å². The topological polar surface area (TPSA) is 93.1 Å². The number of ether oxygens (including phenoxy) is 2. The van der Waals surface area contributed by atoms with Crippen molar-refractivity contribution in [3.63, 3.8) is 0 Å². The summed E-state index contributed by atoms with van der Waals surface area (Å²) in [6, 6.07) is 7.70. The Bertz CT molecular complexity index is 1180. The van der Waals surface area contributed by atoms with Crippen molar-refractivity contribution in [3.05, 3.63) is 47.8 Å². The third-order valence-corrected chi connectivity index (χ3v) is 10.2. The highest BCUT2D eigenvalue weighted by Crippen LogP contribution is 2.44. The highest BCUT2D eigenvalue weighted by atomic mass is 19.1. The number of likely N-dealkylation sites (N-methyl/N-ethyl adjacent to an activating group) is 1. The van der Waals surface area contributed by atoms with Gasteiger partial charge < -0.3 is 19.3 Å². The van der Waals surface area contributed by atoms with Gasteiger partial charge >= 0.3 is 0 Å². The van der Waals surface area contributed by atoms with Gasteiger partial charge in [-0.15, -0.1) is 0 Å². The second-order valence-corrected chi connectivity index (χ2v) is 12.6. The number of amides is 1. The number of nitrogens with one attached hydrogen (secondary N) is 2. The zero-order valence-corrected chi connectivity index (χ0v) is 24.1. The fourth-order valence-electron chi connectivity index (χ4n) is 7.88. The summed E-state index contributed by atoms with van der Waals surface area (Å²) in [5, 5.41) is 17.1. The minimum Gasteiger partial charge on any atom is -0.370 e. The van der Waals surface area contributed by atoms with Crippen LogP contribution in [0.25, 0.3) is 0 Å². The molecule has 4 heterocycles. The van der Waals surface area contributed by atoms with E-state index >= 15 is 0 Å². The number of halogens is 1. The molecule has 1 saturated carbocycles. The highest BCUT2D eigenvalue weighted by molar-refractivity contribution is 5.87. The van der Waals surface area contributed by atoms with Crippen LogP contribution < -0.4 is 10.6 Å². The maximum absolute atomic E-state index is 14.1. The van der Waals surface area contributed by atoms with Crippen LogP contribution in [0.15, 0.2) is 30.9 Å². The Kier molecular flexibility index (Phi) is 8.46. The van der Waals surface area contributed by atoms with E-state index in [9.17, 15) is 14.4 Å². The zero-order valence-electron chi connectivity index (χ0n) is 24.1. The largest absolute Gasteiger partial charge is 0.370 e. The Morgan fingerprint density at radius 2 is 2.15 bits per heavy atom. The molecule has 4 aliphatic heterocycles. The van der Waals surface area contributed by atoms with E-state index in [1.54, 1.807) is 11.0 Å². The number of rotatable bonds is 6. The first-order valence-electron chi connectivity index (χ1n) is 15.2. The Labute approximate surface area is 242 Å². The van der Waals surface area contributed by atoms with Gasteiger partial charge in [0, 0.05) is 44.1 Å². The van der Waals surface area contributed by atoms with E-state index in [1.807, 2.05) is 6.07 Å². The predicted octanol–water partition coefficient (Wildman–Crippen LogP) is 2.33. The lowest BCUT2D eigenvalue weighted by atomic mass is 9.69. The number of piperazine rings is 1. The Balaban J connectivity index is 1.21. The zero-order chi connectivity index (χ0) is 28.6. The van der Waals surface area contributed by atoms with Crippen molar-refractivity contribution in [3.8, 4) is 6.07 Å². The van der Waals surface area contributed by atoms with Crippen LogP contribution >= 0.6 is 0 Å². The monoisotopic (exact) mass is 566 g/mol. The van der Waals surface area contributed by atoms with Crippen LogP contribution in [0.2, 0.25) is 0 Å². The summed E-state index contributed by atoms with van der Waals surface area (Å²) >= 11 is 0. The molecule has 1 aromatic rings. The van der Waals surface area contributed by atoms with E-state index in [4.69, 9.17) is 9.47 Å². The highest BCUT2D eigenvalue weighted by Gasteiger charge is 2.50. The molecule has 0 bridgehead atoms. The molecule has 10 heteroatoms. The Hall–Kier alpha value is -2.39. The third kappa shape index (κ3) is 5.94. The normalized spacial score (nSPS) is 36.0. The number of benzene rings is 1. The summed E-state index contributed by atoms with van der Waals surface area (Å²) in [4.78, 5) is 19.1. The summed E-state index contributed by atoms with van der Waals surface area (Å²) in [6.07, 6.45) is 7.08. The second kappa shape index (κ2) is 12.1. The van der Waals surface area contributed by atoms with Gasteiger partial charge in [-0.3, -0.25) is 20.3 Å². The fourth-order valence-corrected chi connectivity index (χ4v) is 7.88. The van der Waals surface area contributed by atoms with E-state index in [-0.39, 0.29) is 48.3 Å². The number of hydrogen-bond donors (Lipinski definition) is 2. The van der Waals surface area contributed by atoms with E-state index in [1.165, 1.54) is 18.6 Å². The maximum Gasteiger partial charge on any atom is 0.246 e. The molecule has 2 N–H and O–H groups in total. The lowest BCUT2D eigenvalue weighted by molar-refractivity contribution is -0.153. The van der Waals surface area contributed by atoms with Crippen LogP contribution in [0.1, 0.15) is 49.7 Å². The van der Waals surface area contributed by atoms with Gasteiger partial charge in [-0.2, -0.15) is 5.26 Å². The standard InChI is InChI=1S/C31H43FN6O3/c1-3-28(39)38-14-13-37(18-24(38)9-11-33)29-26-8-10-31(16-22-15-23(32)7-6-21(22)19-41-31)17-27(26)34-30(35-29)40-20-25-5-4-12-36(25)2/h3,6-7,15,24-27,29-30,34-35H,1,4-5,8-10,12-14,16-20H2,2H3/t24?,25?,26?,27?,29?,30?,31-/m0/s1. The average Bonchev–Trinajstić information content (AvgIpc) is 3.39. The number of carbonyl (C=O) groups is 1. The molecule has 6 unspecified atom stereocenters. The van der Waals surface area contributed by atoms with Crippen LogP contribution in [-0.2, 0) is 27.3 Å². The molecule has 4 fully saturated rings. The number of nitriles is 1. The minimum absolute atomic E-state index is 0.0420. The lowest BCUT2D eigenvalue weighted by Crippen LogP contribution is -2.73. The van der Waals surface area contributed by atoms with Crippen molar-refractivity contribution < 1.29 is 18.7 Å². The summed E-state index contributed by atoms with van der Waals surface area (Å²) in [5.41, 5.74) is 1.80. The van der Waals surface area contributed by atoms with E-state index in [0.29, 0.717) is 44.7 Å². The van der Waals surface area contributed by atoms with Crippen LogP contribution in [0, 0.1) is 23.1 Å². The molecule has 1 aromatic carbocycles. The quantitative estimate of drug-likeness (QED) is 0.507. The molecule has 6 rings (SSSR count). The number of hydrogen-bond acceptors (Lipinski definition) is 8. The van der Waals surface area contributed by atoms with Gasteiger partial charge in [0.2, 0.25) is 5.91 Å². The van der Waals surface area contributed by atoms with Crippen LogP contribution in [0.4, 0.5) is 4.39 Å². The van der Waals surface area contributed by atoms with Crippen molar-refractivity contribution in [2.45, 2.75) is 87.8 Å². The first kappa shape index (κ1) is 28.7. The van der Waals surface area contributed by atoms with Crippen LogP contribution in [-0.4, -0.2) is 96.7 Å². The summed E-state index contributed by atoms with van der Waals surface area (Å²) in [6.45, 7) is 7.83. The molecule has 9 nitrogen and oxygen atoms in total. The van der Waals surface area contributed by atoms with Gasteiger partial charge in [-0.25, -0.2) is 4.39 Å². The van der Waals surface area contributed by atoms with E-state index in [2.05, 4.69) is 40.1 Å². The minimum atomic E-state index is -0.328. The molecule has 1 amide bonds. The third-order valence-electron chi connectivity index (χ3n) is 10.2. The molecule has 7 atom stereocenters. The average molecular weight is 567 g/mol. The molecule has 5 aliphatic rings. The summed E-state index contributed by atoms with van der Waals surface area (Å²) in [5.74, 6) is -0.00821. The van der Waals surface area contributed by atoms with E-state index < -0.39 is 0 Å². The Morgan fingerprint density at radius 3 is 2.93 bits per heavy atom. The van der Waals surface area contributed by atoms with Gasteiger partial charge in [0.1, 0.15) is 5.82 Å². The molecular formula is C31H43FN6O3. The van der Waals surface area contributed by atoms with Gasteiger partial charge in [-0.05, 0) is 75.0 Å². The van der Waals surface area contributed by atoms with Gasteiger partial charge in [0.15, 0.2) is 6.35 Å². The molecule has 0 aromatic heterocycles. The molecule has 1 spiro atoms. The van der Waals surface area contributed by atoms with Gasteiger partial charge in [0.25, 0.3) is 0 Å². The molecule has 1 aliphatic carbocycles. The molecule has 41 heavy (non-hydrogen) atoms. The number of nitrogens with zero attached hydrogens (tertiary/aromatic N) is 4. The van der Waals surface area contributed by atoms with Crippen LogP contribution in [0.3, 0.4) is 0 Å². The summed E-state index contributed by atoms with van der Waals surface area (Å²) < 4.78 is 27.2. The predicted molar refractivity (Wildman–Crippen MR) is 152 cm³/mol. The van der Waals surface area contributed by atoms with Gasteiger partial charge in [0.05, 0.1) is 43.5 Å². The lowest BCUT2D eigenvalue weighted by Gasteiger charge is -2.56. The number of carbonyl (C=O) groups excluding carboxylic acids is 1. The maximum atomic E-state index is 14.1. The Morgan fingerprint density at radius 1 is 1.27 bits per heavy atom. The number of likely N-dealkylation sites (tertiary alicyclic amines) is 1. The van der Waals surface area contributed by atoms with Crippen molar-refractivity contribution >= 4 is 5.91 Å². The SMILES string of the molecule is C=CC(=O)N1CCN(C2NC(OCC3CCCN3C)NC3C[C@]4(CCC32)Cc2cc(F)ccc2CO4)CC1CC#N. The molecule has 3 saturated heterocycles. The van der Waals surface area contributed by atoms with Gasteiger partial charge in [-0.1, -0.05) is 12.6 Å². The van der Waals surface area contributed by atoms with Crippen LogP contribution in [0.5, 0.6) is 0 Å². The fraction of sp³-hybridized carbons (Fsp3) is 0.677. The molecular weight excluding hydrogens is 523 g/mol. The van der Waals surface area contributed by atoms with Crippen molar-refractivity contribution in [2.75, 3.05) is 39.8 Å². The molecule has 222 valence electrons. The molecule has 0 radical (unpaired) electrons. The number of fused-ring (bicyclic) bond motifs is 2. The smallest absolute Gasteiger partial charge is 0.246 e. The first-order chi connectivity index (χ1) is 19.9. The van der Waals surface area contributed by atoms with Crippen molar-refractivity contribution in [1.29, 1.82) is 5.26 Å². The first-order valence-corrected chi connectivity index (χ1v) is 15.2. The second-order valence-electron chi connectivity index (χ2n) is 12.6. The van der Waals surface area contributed by atoms with E-state index in [0.717, 1.165) is 49.9 Å². The summed E-state index contributed by atoms with van der Waals surface area (Å²) in [7, 11) is 2.16.